The van der Waals surface area contributed by atoms with E-state index in [9.17, 15) is 8.42 Å². The molecule has 1 aliphatic carbocycles. The van der Waals surface area contributed by atoms with Crippen LogP contribution in [-0.4, -0.2) is 37.0 Å². The van der Waals surface area contributed by atoms with Crippen molar-refractivity contribution in [2.75, 3.05) is 13.2 Å². The third-order valence-electron chi connectivity index (χ3n) is 3.92. The summed E-state index contributed by atoms with van der Waals surface area (Å²) in [5, 5.41) is 8.88. The fourth-order valence-corrected chi connectivity index (χ4v) is 6.25. The molecule has 4 nitrogen and oxygen atoms in total. The minimum Gasteiger partial charge on any atom is -0.396 e. The fraction of sp³-hybridized carbons (Fsp3) is 0.667. The van der Waals surface area contributed by atoms with Gasteiger partial charge in [0, 0.05) is 30.5 Å². The van der Waals surface area contributed by atoms with E-state index < -0.39 is 10.0 Å². The summed E-state index contributed by atoms with van der Waals surface area (Å²) in [6, 6.07) is 3.71. The molecule has 1 saturated heterocycles. The van der Waals surface area contributed by atoms with Crippen LogP contribution in [0.15, 0.2) is 16.3 Å². The van der Waals surface area contributed by atoms with Gasteiger partial charge in [-0.05, 0) is 37.3 Å². The van der Waals surface area contributed by atoms with Crippen molar-refractivity contribution in [2.24, 2.45) is 5.92 Å². The number of aliphatic hydroxyl groups excluding tert-OH is 1. The number of aliphatic hydroxyl groups is 1. The quantitative estimate of drug-likeness (QED) is 0.912. The van der Waals surface area contributed by atoms with Crippen LogP contribution in [0.2, 0.25) is 0 Å². The van der Waals surface area contributed by atoms with Gasteiger partial charge in [0.25, 0.3) is 10.0 Å². The van der Waals surface area contributed by atoms with E-state index in [1.165, 1.54) is 17.8 Å². The first-order valence-electron chi connectivity index (χ1n) is 6.32. The van der Waals surface area contributed by atoms with E-state index in [0.717, 1.165) is 17.7 Å². The lowest BCUT2D eigenvalue weighted by Crippen LogP contribution is -2.37. The van der Waals surface area contributed by atoms with Crippen LogP contribution < -0.4 is 0 Å². The van der Waals surface area contributed by atoms with Gasteiger partial charge in [-0.15, -0.1) is 11.3 Å². The standard InChI is InChI=1S/C12H17NO3S2/c14-6-5-11-3-4-12(17-11)18(15,16)13-8-9-1-2-10(13)7-9/h3-4,9-10,14H,1-2,5-8H2. The average molecular weight is 287 g/mol. The number of hydrogen-bond donors (Lipinski definition) is 1. The molecule has 0 spiro atoms. The minimum atomic E-state index is -3.30. The van der Waals surface area contributed by atoms with Crippen molar-refractivity contribution in [1.82, 2.24) is 4.31 Å². The number of nitrogens with zero attached hydrogens (tertiary/aromatic N) is 1. The van der Waals surface area contributed by atoms with E-state index in [1.807, 2.05) is 6.07 Å². The van der Waals surface area contributed by atoms with Gasteiger partial charge in [0.1, 0.15) is 4.21 Å². The van der Waals surface area contributed by atoms with Crippen LogP contribution in [0.1, 0.15) is 24.1 Å². The molecule has 1 aromatic heterocycles. The monoisotopic (exact) mass is 287 g/mol. The number of sulfonamides is 1. The first-order valence-corrected chi connectivity index (χ1v) is 8.58. The highest BCUT2D eigenvalue weighted by Gasteiger charge is 2.44. The molecule has 2 fully saturated rings. The Morgan fingerprint density at radius 3 is 2.83 bits per heavy atom. The summed E-state index contributed by atoms with van der Waals surface area (Å²) < 4.78 is 27.2. The molecular formula is C12H17NO3S2. The van der Waals surface area contributed by atoms with Gasteiger partial charge in [-0.3, -0.25) is 0 Å². The van der Waals surface area contributed by atoms with E-state index in [4.69, 9.17) is 5.11 Å². The Kier molecular flexibility index (Phi) is 3.21. The number of piperidine rings is 1. The number of thiophene rings is 1. The molecule has 2 bridgehead atoms. The Morgan fingerprint density at radius 1 is 1.39 bits per heavy atom. The molecule has 1 N–H and O–H groups in total. The van der Waals surface area contributed by atoms with Crippen molar-refractivity contribution >= 4 is 21.4 Å². The van der Waals surface area contributed by atoms with Crippen molar-refractivity contribution in [3.63, 3.8) is 0 Å². The summed E-state index contributed by atoms with van der Waals surface area (Å²) in [6.45, 7) is 0.759. The lowest BCUT2D eigenvalue weighted by Gasteiger charge is -2.25. The van der Waals surface area contributed by atoms with Crippen molar-refractivity contribution in [3.05, 3.63) is 17.0 Å². The van der Waals surface area contributed by atoms with Gasteiger partial charge in [0.05, 0.1) is 0 Å². The molecule has 3 rings (SSSR count). The molecule has 0 radical (unpaired) electrons. The van der Waals surface area contributed by atoms with E-state index in [0.29, 0.717) is 23.1 Å². The third kappa shape index (κ3) is 2.01. The Balaban J connectivity index is 1.85. The van der Waals surface area contributed by atoms with Crippen LogP contribution in [0.5, 0.6) is 0 Å². The molecule has 2 heterocycles. The number of fused-ring (bicyclic) bond motifs is 2. The second-order valence-corrected chi connectivity index (χ2v) is 8.39. The van der Waals surface area contributed by atoms with Gasteiger partial charge in [0.2, 0.25) is 0 Å². The normalized spacial score (nSPS) is 28.1. The van der Waals surface area contributed by atoms with Crippen LogP contribution >= 0.6 is 11.3 Å². The predicted molar refractivity (Wildman–Crippen MR) is 70.1 cm³/mol. The number of hydrogen-bond acceptors (Lipinski definition) is 4. The van der Waals surface area contributed by atoms with E-state index in [-0.39, 0.29) is 12.6 Å². The highest BCUT2D eigenvalue weighted by atomic mass is 32.2. The lowest BCUT2D eigenvalue weighted by molar-refractivity contribution is 0.300. The Hall–Kier alpha value is -0.430. The van der Waals surface area contributed by atoms with Gasteiger partial charge in [-0.2, -0.15) is 4.31 Å². The maximum absolute atomic E-state index is 12.5. The van der Waals surface area contributed by atoms with Crippen molar-refractivity contribution < 1.29 is 13.5 Å². The van der Waals surface area contributed by atoms with Crippen LogP contribution in [0.4, 0.5) is 0 Å². The smallest absolute Gasteiger partial charge is 0.252 e. The largest absolute Gasteiger partial charge is 0.396 e. The average Bonchev–Trinajstić information content (AvgIpc) is 3.04. The molecule has 100 valence electrons. The summed E-state index contributed by atoms with van der Waals surface area (Å²) in [4.78, 5) is 0.931. The molecule has 18 heavy (non-hydrogen) atoms. The Labute approximate surface area is 111 Å². The highest BCUT2D eigenvalue weighted by molar-refractivity contribution is 7.91. The van der Waals surface area contributed by atoms with Gasteiger partial charge in [0.15, 0.2) is 0 Å². The second kappa shape index (κ2) is 4.59. The van der Waals surface area contributed by atoms with E-state index >= 15 is 0 Å². The van der Waals surface area contributed by atoms with Crippen LogP contribution in [0.3, 0.4) is 0 Å². The molecule has 1 aromatic rings. The topological polar surface area (TPSA) is 57.6 Å². The lowest BCUT2D eigenvalue weighted by atomic mass is 10.1. The zero-order valence-electron chi connectivity index (χ0n) is 10.1. The molecule has 2 unspecified atom stereocenters. The Morgan fingerprint density at radius 2 is 2.22 bits per heavy atom. The molecule has 6 heteroatoms. The van der Waals surface area contributed by atoms with Crippen molar-refractivity contribution in [1.29, 1.82) is 0 Å². The molecule has 1 saturated carbocycles. The number of rotatable bonds is 4. The van der Waals surface area contributed by atoms with E-state index in [1.54, 1.807) is 10.4 Å². The first-order chi connectivity index (χ1) is 8.61. The van der Waals surface area contributed by atoms with Crippen molar-refractivity contribution in [2.45, 2.75) is 35.9 Å². The third-order valence-corrected chi connectivity index (χ3v) is 7.45. The molecule has 2 aliphatic rings. The summed E-state index contributed by atoms with van der Waals surface area (Å²) in [6.07, 6.45) is 3.76. The molecule has 1 aliphatic heterocycles. The summed E-state index contributed by atoms with van der Waals surface area (Å²) in [5.74, 6) is 0.571. The van der Waals surface area contributed by atoms with Crippen LogP contribution in [0.25, 0.3) is 0 Å². The maximum Gasteiger partial charge on any atom is 0.252 e. The first kappa shape index (κ1) is 12.6. The molecule has 0 aromatic carbocycles. The zero-order chi connectivity index (χ0) is 12.8. The Bertz CT molecular complexity index is 537. The second-order valence-electron chi connectivity index (χ2n) is 5.10. The predicted octanol–water partition coefficient (Wildman–Crippen LogP) is 1.46. The van der Waals surface area contributed by atoms with Crippen LogP contribution in [-0.2, 0) is 16.4 Å². The summed E-state index contributed by atoms with van der Waals surface area (Å²) >= 11 is 1.29. The minimum absolute atomic E-state index is 0.0639. The van der Waals surface area contributed by atoms with Gasteiger partial charge >= 0.3 is 0 Å². The maximum atomic E-state index is 12.5. The SMILES string of the molecule is O=S(=O)(c1ccc(CCO)s1)N1CC2CCC1C2. The molecule has 2 atom stereocenters. The van der Waals surface area contributed by atoms with Gasteiger partial charge in [-0.1, -0.05) is 0 Å². The highest BCUT2D eigenvalue weighted by Crippen LogP contribution is 2.41. The molecular weight excluding hydrogens is 270 g/mol. The fourth-order valence-electron chi connectivity index (χ4n) is 3.03. The summed E-state index contributed by atoms with van der Waals surface area (Å²) in [5.41, 5.74) is 0. The van der Waals surface area contributed by atoms with Crippen LogP contribution in [0, 0.1) is 5.92 Å². The molecule has 0 amide bonds. The van der Waals surface area contributed by atoms with E-state index in [2.05, 4.69) is 0 Å². The van der Waals surface area contributed by atoms with Crippen molar-refractivity contribution in [3.8, 4) is 0 Å². The zero-order valence-corrected chi connectivity index (χ0v) is 11.7. The van der Waals surface area contributed by atoms with Gasteiger partial charge in [-0.25, -0.2) is 8.42 Å². The summed E-state index contributed by atoms with van der Waals surface area (Å²) in [7, 11) is -3.30. The van der Waals surface area contributed by atoms with Gasteiger partial charge < -0.3 is 5.11 Å².